The highest BCUT2D eigenvalue weighted by Crippen LogP contribution is 2.21. The molecule has 2 heterocycles. The van der Waals surface area contributed by atoms with Gasteiger partial charge in [-0.25, -0.2) is 0 Å². The Morgan fingerprint density at radius 2 is 1.95 bits per heavy atom. The van der Waals surface area contributed by atoms with Crippen LogP contribution in [-0.4, -0.2) is 66.8 Å². The molecule has 0 aromatic heterocycles. The van der Waals surface area contributed by atoms with E-state index in [1.165, 1.54) is 0 Å². The van der Waals surface area contributed by atoms with Gasteiger partial charge in [0.25, 0.3) is 0 Å². The van der Waals surface area contributed by atoms with E-state index >= 15 is 0 Å². The number of nitrogens with one attached hydrogen (secondary N) is 1. The Balaban J connectivity index is 1.98. The predicted molar refractivity (Wildman–Crippen MR) is 74.8 cm³/mol. The molecule has 2 fully saturated rings. The Morgan fingerprint density at radius 1 is 1.32 bits per heavy atom. The summed E-state index contributed by atoms with van der Waals surface area (Å²) in [6.45, 7) is 12.9. The van der Waals surface area contributed by atoms with Gasteiger partial charge in [0.1, 0.15) is 0 Å². The number of morpholine rings is 1. The van der Waals surface area contributed by atoms with Crippen LogP contribution in [-0.2, 0) is 9.53 Å². The number of amides is 1. The first-order valence-corrected chi connectivity index (χ1v) is 7.39. The van der Waals surface area contributed by atoms with Crippen molar-refractivity contribution in [2.75, 3.05) is 32.8 Å². The van der Waals surface area contributed by atoms with E-state index in [1.807, 2.05) is 11.8 Å². The van der Waals surface area contributed by atoms with Crippen LogP contribution in [0, 0.1) is 5.92 Å². The van der Waals surface area contributed by atoms with Crippen molar-refractivity contribution in [2.24, 2.45) is 5.92 Å². The molecule has 2 aliphatic rings. The first-order chi connectivity index (χ1) is 9.00. The molecule has 0 aliphatic carbocycles. The molecule has 5 heteroatoms. The maximum absolute atomic E-state index is 12.3. The van der Waals surface area contributed by atoms with E-state index in [4.69, 9.17) is 4.74 Å². The molecule has 0 radical (unpaired) electrons. The standard InChI is InChI=1S/C14H27N3O2/c1-10(2)13-15-12(4)14(18)17(13)11(3)9-16-5-7-19-8-6-16/h10-13,15H,5-9H2,1-4H3. The fraction of sp³-hybridized carbons (Fsp3) is 0.929. The molecule has 5 nitrogen and oxygen atoms in total. The van der Waals surface area contributed by atoms with Crippen LogP contribution in [0.2, 0.25) is 0 Å². The normalized spacial score (nSPS) is 31.2. The van der Waals surface area contributed by atoms with Crippen molar-refractivity contribution in [3.63, 3.8) is 0 Å². The summed E-state index contributed by atoms with van der Waals surface area (Å²) in [5.41, 5.74) is 0. The lowest BCUT2D eigenvalue weighted by molar-refractivity contribution is -0.132. The molecule has 0 aromatic carbocycles. The maximum Gasteiger partial charge on any atom is 0.241 e. The third kappa shape index (κ3) is 3.27. The van der Waals surface area contributed by atoms with Gasteiger partial charge in [0.05, 0.1) is 25.4 Å². The highest BCUT2D eigenvalue weighted by Gasteiger charge is 2.40. The zero-order valence-electron chi connectivity index (χ0n) is 12.6. The second-order valence-electron chi connectivity index (χ2n) is 6.08. The van der Waals surface area contributed by atoms with Gasteiger partial charge in [-0.15, -0.1) is 0 Å². The average Bonchev–Trinajstić information content (AvgIpc) is 2.67. The third-order valence-corrected chi connectivity index (χ3v) is 4.08. The van der Waals surface area contributed by atoms with Gasteiger partial charge in [-0.1, -0.05) is 13.8 Å². The summed E-state index contributed by atoms with van der Waals surface area (Å²) in [6, 6.07) is 0.190. The minimum absolute atomic E-state index is 0.0560. The Kier molecular flexibility index (Phi) is 4.81. The van der Waals surface area contributed by atoms with Crippen LogP contribution in [0.3, 0.4) is 0 Å². The Morgan fingerprint density at radius 3 is 2.53 bits per heavy atom. The second kappa shape index (κ2) is 6.20. The van der Waals surface area contributed by atoms with Crippen molar-refractivity contribution < 1.29 is 9.53 Å². The molecule has 19 heavy (non-hydrogen) atoms. The van der Waals surface area contributed by atoms with Gasteiger partial charge in [0, 0.05) is 25.7 Å². The Bertz CT molecular complexity index is 316. The molecule has 2 aliphatic heterocycles. The molecule has 3 unspecified atom stereocenters. The van der Waals surface area contributed by atoms with Crippen molar-refractivity contribution >= 4 is 5.91 Å². The minimum Gasteiger partial charge on any atom is -0.379 e. The molecule has 0 saturated carbocycles. The van der Waals surface area contributed by atoms with Gasteiger partial charge < -0.3 is 9.64 Å². The smallest absolute Gasteiger partial charge is 0.241 e. The zero-order chi connectivity index (χ0) is 14.0. The van der Waals surface area contributed by atoms with Crippen LogP contribution in [0.4, 0.5) is 0 Å². The number of ether oxygens (including phenoxy) is 1. The van der Waals surface area contributed by atoms with Crippen LogP contribution < -0.4 is 5.32 Å². The largest absolute Gasteiger partial charge is 0.379 e. The summed E-state index contributed by atoms with van der Waals surface area (Å²) in [5, 5.41) is 3.40. The van der Waals surface area contributed by atoms with Gasteiger partial charge in [-0.3, -0.25) is 15.0 Å². The summed E-state index contributed by atoms with van der Waals surface area (Å²) < 4.78 is 5.37. The van der Waals surface area contributed by atoms with E-state index in [2.05, 4.69) is 31.0 Å². The lowest BCUT2D eigenvalue weighted by atomic mass is 10.1. The summed E-state index contributed by atoms with van der Waals surface area (Å²) in [7, 11) is 0. The van der Waals surface area contributed by atoms with Crippen LogP contribution in [0.5, 0.6) is 0 Å². The second-order valence-corrected chi connectivity index (χ2v) is 6.08. The highest BCUT2D eigenvalue weighted by atomic mass is 16.5. The maximum atomic E-state index is 12.3. The number of carbonyl (C=O) groups is 1. The first-order valence-electron chi connectivity index (χ1n) is 7.39. The molecule has 110 valence electrons. The number of carbonyl (C=O) groups excluding carboxylic acids is 1. The minimum atomic E-state index is -0.0560. The van der Waals surface area contributed by atoms with Crippen molar-refractivity contribution in [3.05, 3.63) is 0 Å². The van der Waals surface area contributed by atoms with Crippen LogP contribution in [0.15, 0.2) is 0 Å². The van der Waals surface area contributed by atoms with Gasteiger partial charge in [-0.2, -0.15) is 0 Å². The molecule has 0 spiro atoms. The summed E-state index contributed by atoms with van der Waals surface area (Å²) in [6.07, 6.45) is 0.165. The molecule has 3 atom stereocenters. The van der Waals surface area contributed by atoms with Crippen LogP contribution in [0.25, 0.3) is 0 Å². The van der Waals surface area contributed by atoms with Crippen molar-refractivity contribution in [1.29, 1.82) is 0 Å². The molecule has 0 bridgehead atoms. The fourth-order valence-electron chi connectivity index (χ4n) is 3.02. The van der Waals surface area contributed by atoms with Gasteiger partial charge in [0.15, 0.2) is 0 Å². The predicted octanol–water partition coefficient (Wildman–Crippen LogP) is 0.510. The van der Waals surface area contributed by atoms with Gasteiger partial charge in [-0.05, 0) is 19.8 Å². The van der Waals surface area contributed by atoms with E-state index in [0.29, 0.717) is 5.92 Å². The van der Waals surface area contributed by atoms with Crippen LogP contribution in [0.1, 0.15) is 27.7 Å². The van der Waals surface area contributed by atoms with E-state index in [1.54, 1.807) is 0 Å². The molecule has 1 amide bonds. The molecule has 2 rings (SSSR count). The molecular formula is C14H27N3O2. The SMILES string of the molecule is CC1NC(C(C)C)N(C(C)CN2CCOCC2)C1=O. The van der Waals surface area contributed by atoms with Gasteiger partial charge in [0.2, 0.25) is 5.91 Å². The van der Waals surface area contributed by atoms with E-state index in [0.717, 1.165) is 32.8 Å². The summed E-state index contributed by atoms with van der Waals surface area (Å²) in [4.78, 5) is 16.8. The first kappa shape index (κ1) is 14.8. The van der Waals surface area contributed by atoms with Gasteiger partial charge >= 0.3 is 0 Å². The van der Waals surface area contributed by atoms with Crippen LogP contribution >= 0.6 is 0 Å². The summed E-state index contributed by atoms with van der Waals surface area (Å²) >= 11 is 0. The quantitative estimate of drug-likeness (QED) is 0.808. The van der Waals surface area contributed by atoms with E-state index < -0.39 is 0 Å². The summed E-state index contributed by atoms with van der Waals surface area (Å²) in [5.74, 6) is 0.667. The lowest BCUT2D eigenvalue weighted by Gasteiger charge is -2.36. The monoisotopic (exact) mass is 269 g/mol. The third-order valence-electron chi connectivity index (χ3n) is 4.08. The average molecular weight is 269 g/mol. The molecule has 1 N–H and O–H groups in total. The Hall–Kier alpha value is -0.650. The molecule has 2 saturated heterocycles. The zero-order valence-corrected chi connectivity index (χ0v) is 12.6. The molecular weight excluding hydrogens is 242 g/mol. The number of hydrogen-bond acceptors (Lipinski definition) is 4. The number of rotatable bonds is 4. The number of hydrogen-bond donors (Lipinski definition) is 1. The van der Waals surface area contributed by atoms with Crippen molar-refractivity contribution in [1.82, 2.24) is 15.1 Å². The highest BCUT2D eigenvalue weighted by molar-refractivity contribution is 5.84. The Labute approximate surface area is 116 Å². The van der Waals surface area contributed by atoms with E-state index in [9.17, 15) is 4.79 Å². The van der Waals surface area contributed by atoms with Crippen molar-refractivity contribution in [3.8, 4) is 0 Å². The topological polar surface area (TPSA) is 44.8 Å². The van der Waals surface area contributed by atoms with Crippen molar-refractivity contribution in [2.45, 2.75) is 45.9 Å². The van der Waals surface area contributed by atoms with E-state index in [-0.39, 0.29) is 24.2 Å². The lowest BCUT2D eigenvalue weighted by Crippen LogP contribution is -2.51. The fourth-order valence-corrected chi connectivity index (χ4v) is 3.02. The number of nitrogens with zero attached hydrogens (tertiary/aromatic N) is 2. The molecule has 0 aromatic rings.